The number of pyridine rings is 1. The molecule has 4 rings (SSSR count). The van der Waals surface area contributed by atoms with Gasteiger partial charge in [0.05, 0.1) is 48.6 Å². The highest BCUT2D eigenvalue weighted by atomic mass is 19.3. The number of aryl methyl sites for hydroxylation is 1. The van der Waals surface area contributed by atoms with Gasteiger partial charge in [-0.25, -0.2) is 13.2 Å². The van der Waals surface area contributed by atoms with E-state index in [1.807, 2.05) is 6.92 Å². The minimum Gasteiger partial charge on any atom is -0.331 e. The van der Waals surface area contributed by atoms with Crippen LogP contribution in [0.15, 0.2) is 61.2 Å². The Balaban J connectivity index is 1.54. The minimum atomic E-state index is -2.71. The zero-order valence-corrected chi connectivity index (χ0v) is 17.6. The van der Waals surface area contributed by atoms with Crippen molar-refractivity contribution in [2.45, 2.75) is 19.9 Å². The lowest BCUT2D eigenvalue weighted by Gasteiger charge is -2.23. The summed E-state index contributed by atoms with van der Waals surface area (Å²) in [6, 6.07) is 9.56. The van der Waals surface area contributed by atoms with E-state index < -0.39 is 24.7 Å². The van der Waals surface area contributed by atoms with Gasteiger partial charge < -0.3 is 4.90 Å². The molecule has 0 aliphatic heterocycles. The summed E-state index contributed by atoms with van der Waals surface area (Å²) < 4.78 is 41.2. The molecular formula is C22H20F3N7O. The molecule has 33 heavy (non-hydrogen) atoms. The number of hydrogen-bond donors (Lipinski definition) is 0. The Morgan fingerprint density at radius 3 is 2.58 bits per heavy atom. The van der Waals surface area contributed by atoms with Crippen molar-refractivity contribution in [3.8, 4) is 17.1 Å². The summed E-state index contributed by atoms with van der Waals surface area (Å²) in [5.41, 5.74) is 2.41. The SMILES string of the molecule is Cc1ccc(-n2nccn2)c(C(=O)N(CCn2ccc(-c3ccc(F)cn3)n2)CC(F)F)c1. The van der Waals surface area contributed by atoms with Crippen LogP contribution in [0.3, 0.4) is 0 Å². The third-order valence-corrected chi connectivity index (χ3v) is 4.89. The largest absolute Gasteiger partial charge is 0.331 e. The fraction of sp³-hybridized carbons (Fsp3) is 0.227. The molecular weight excluding hydrogens is 435 g/mol. The van der Waals surface area contributed by atoms with Gasteiger partial charge >= 0.3 is 0 Å². The van der Waals surface area contributed by atoms with E-state index >= 15 is 0 Å². The lowest BCUT2D eigenvalue weighted by atomic mass is 10.1. The number of nitrogens with zero attached hydrogens (tertiary/aromatic N) is 7. The maximum atomic E-state index is 13.3. The molecule has 3 aromatic heterocycles. The second kappa shape index (κ2) is 9.63. The quantitative estimate of drug-likeness (QED) is 0.407. The molecule has 0 unspecified atom stereocenters. The summed E-state index contributed by atoms with van der Waals surface area (Å²) >= 11 is 0. The Bertz CT molecular complexity index is 1220. The van der Waals surface area contributed by atoms with Gasteiger partial charge in [-0.2, -0.15) is 20.1 Å². The monoisotopic (exact) mass is 455 g/mol. The first-order valence-electron chi connectivity index (χ1n) is 10.1. The first-order valence-corrected chi connectivity index (χ1v) is 10.1. The molecule has 11 heteroatoms. The van der Waals surface area contributed by atoms with Crippen molar-refractivity contribution in [1.29, 1.82) is 0 Å². The maximum absolute atomic E-state index is 13.3. The fourth-order valence-corrected chi connectivity index (χ4v) is 3.32. The van der Waals surface area contributed by atoms with Crippen LogP contribution >= 0.6 is 0 Å². The summed E-state index contributed by atoms with van der Waals surface area (Å²) in [6.45, 7) is 1.26. The van der Waals surface area contributed by atoms with E-state index in [0.717, 1.165) is 16.7 Å². The van der Waals surface area contributed by atoms with Crippen molar-refractivity contribution < 1.29 is 18.0 Å². The van der Waals surface area contributed by atoms with Gasteiger partial charge in [0.15, 0.2) is 0 Å². The first kappa shape index (κ1) is 22.2. The first-order chi connectivity index (χ1) is 15.9. The standard InChI is InChI=1S/C22H20F3N7O/c1-15-2-5-20(32-27-7-8-28-32)17(12-15)22(33)30(14-21(24)25)10-11-31-9-6-19(29-31)18-4-3-16(23)13-26-18/h2-9,12-13,21H,10-11,14H2,1H3. The minimum absolute atomic E-state index is 0.00105. The highest BCUT2D eigenvalue weighted by Crippen LogP contribution is 2.19. The van der Waals surface area contributed by atoms with Crippen molar-refractivity contribution in [2.75, 3.05) is 13.1 Å². The number of amides is 1. The Morgan fingerprint density at radius 1 is 1.09 bits per heavy atom. The number of carbonyl (C=O) groups is 1. The van der Waals surface area contributed by atoms with Gasteiger partial charge in [-0.1, -0.05) is 11.6 Å². The summed E-state index contributed by atoms with van der Waals surface area (Å²) in [5, 5.41) is 12.5. The molecule has 8 nitrogen and oxygen atoms in total. The molecule has 0 spiro atoms. The van der Waals surface area contributed by atoms with Crippen LogP contribution in [0.5, 0.6) is 0 Å². The lowest BCUT2D eigenvalue weighted by molar-refractivity contribution is 0.0543. The zero-order valence-electron chi connectivity index (χ0n) is 17.6. The van der Waals surface area contributed by atoms with Crippen molar-refractivity contribution >= 4 is 5.91 Å². The Morgan fingerprint density at radius 2 is 1.88 bits per heavy atom. The fourth-order valence-electron chi connectivity index (χ4n) is 3.32. The number of aromatic nitrogens is 6. The van der Waals surface area contributed by atoms with Crippen LogP contribution in [0.2, 0.25) is 0 Å². The smallest absolute Gasteiger partial charge is 0.256 e. The van der Waals surface area contributed by atoms with E-state index in [1.165, 1.54) is 34.0 Å². The second-order valence-corrected chi connectivity index (χ2v) is 7.31. The van der Waals surface area contributed by atoms with Crippen molar-refractivity contribution in [2.24, 2.45) is 0 Å². The normalized spacial score (nSPS) is 11.2. The summed E-state index contributed by atoms with van der Waals surface area (Å²) in [5.74, 6) is -1.01. The zero-order chi connectivity index (χ0) is 23.4. The average Bonchev–Trinajstić information content (AvgIpc) is 3.49. The topological polar surface area (TPSA) is 81.7 Å². The Kier molecular flexibility index (Phi) is 6.48. The highest BCUT2D eigenvalue weighted by molar-refractivity contribution is 5.98. The molecule has 0 bridgehead atoms. The molecule has 1 aromatic carbocycles. The Hall–Kier alpha value is -4.02. The van der Waals surface area contributed by atoms with Gasteiger partial charge in [0.25, 0.3) is 12.3 Å². The highest BCUT2D eigenvalue weighted by Gasteiger charge is 2.23. The van der Waals surface area contributed by atoms with E-state index in [4.69, 9.17) is 0 Å². The molecule has 3 heterocycles. The van der Waals surface area contributed by atoms with Crippen LogP contribution in [-0.4, -0.2) is 60.1 Å². The second-order valence-electron chi connectivity index (χ2n) is 7.31. The maximum Gasteiger partial charge on any atom is 0.256 e. The van der Waals surface area contributed by atoms with Crippen LogP contribution in [0.1, 0.15) is 15.9 Å². The summed E-state index contributed by atoms with van der Waals surface area (Å²) in [4.78, 5) is 19.6. The van der Waals surface area contributed by atoms with Crippen LogP contribution in [0, 0.1) is 12.7 Å². The van der Waals surface area contributed by atoms with Gasteiger partial charge in [0.2, 0.25) is 0 Å². The lowest BCUT2D eigenvalue weighted by Crippen LogP contribution is -2.38. The van der Waals surface area contributed by atoms with Gasteiger partial charge in [-0.15, -0.1) is 0 Å². The number of halogens is 3. The predicted molar refractivity (Wildman–Crippen MR) is 113 cm³/mol. The predicted octanol–water partition coefficient (Wildman–Crippen LogP) is 3.38. The number of benzene rings is 1. The molecule has 4 aromatic rings. The molecule has 1 amide bonds. The molecule has 0 aliphatic carbocycles. The Labute approximate surface area is 187 Å². The van der Waals surface area contributed by atoms with E-state index in [9.17, 15) is 18.0 Å². The van der Waals surface area contributed by atoms with E-state index in [-0.39, 0.29) is 18.7 Å². The number of hydrogen-bond acceptors (Lipinski definition) is 5. The molecule has 0 radical (unpaired) electrons. The van der Waals surface area contributed by atoms with Gasteiger partial charge in [-0.05, 0) is 37.3 Å². The third-order valence-electron chi connectivity index (χ3n) is 4.89. The van der Waals surface area contributed by atoms with Gasteiger partial charge in [0, 0.05) is 12.7 Å². The number of carbonyl (C=O) groups excluding carboxylic acids is 1. The third kappa shape index (κ3) is 5.25. The van der Waals surface area contributed by atoms with E-state index in [0.29, 0.717) is 17.1 Å². The van der Waals surface area contributed by atoms with Crippen molar-refractivity contribution in [1.82, 2.24) is 34.7 Å². The molecule has 0 N–H and O–H groups in total. The molecule has 170 valence electrons. The van der Waals surface area contributed by atoms with Crippen molar-refractivity contribution in [3.63, 3.8) is 0 Å². The van der Waals surface area contributed by atoms with E-state index in [1.54, 1.807) is 30.5 Å². The molecule has 0 atom stereocenters. The molecule has 0 aliphatic rings. The number of rotatable bonds is 8. The molecule has 0 fully saturated rings. The summed E-state index contributed by atoms with van der Waals surface area (Å²) in [7, 11) is 0. The van der Waals surface area contributed by atoms with Gasteiger partial charge in [0.1, 0.15) is 11.5 Å². The van der Waals surface area contributed by atoms with Gasteiger partial charge in [-0.3, -0.25) is 14.5 Å². The van der Waals surface area contributed by atoms with Crippen LogP contribution in [-0.2, 0) is 6.54 Å². The van der Waals surface area contributed by atoms with Crippen molar-refractivity contribution in [3.05, 3.63) is 78.1 Å². The molecule has 0 saturated heterocycles. The number of alkyl halides is 2. The van der Waals surface area contributed by atoms with E-state index in [2.05, 4.69) is 20.3 Å². The average molecular weight is 455 g/mol. The van der Waals surface area contributed by atoms with Crippen LogP contribution in [0.4, 0.5) is 13.2 Å². The van der Waals surface area contributed by atoms with Crippen LogP contribution in [0.25, 0.3) is 17.1 Å². The molecule has 0 saturated carbocycles. The summed E-state index contributed by atoms with van der Waals surface area (Å²) in [6.07, 6.45) is 2.97. The van der Waals surface area contributed by atoms with Crippen LogP contribution < -0.4 is 0 Å².